The molecule has 0 aromatic heterocycles. The quantitative estimate of drug-likeness (QED) is 0.581. The summed E-state index contributed by atoms with van der Waals surface area (Å²) in [6.45, 7) is 3.88. The van der Waals surface area contributed by atoms with E-state index in [0.29, 0.717) is 37.2 Å². The van der Waals surface area contributed by atoms with E-state index in [-0.39, 0.29) is 18.1 Å². The molecule has 0 radical (unpaired) electrons. The van der Waals surface area contributed by atoms with E-state index in [1.807, 2.05) is 0 Å². The minimum absolute atomic E-state index is 0.106. The molecule has 1 atom stereocenters. The maximum absolute atomic E-state index is 14.5. The van der Waals surface area contributed by atoms with Crippen LogP contribution in [-0.4, -0.2) is 18.3 Å². The zero-order valence-electron chi connectivity index (χ0n) is 15.4. The Morgan fingerprint density at radius 3 is 2.20 bits per heavy atom. The van der Waals surface area contributed by atoms with E-state index in [1.54, 1.807) is 6.92 Å². The number of rotatable bonds is 4. The molecule has 1 aliphatic heterocycles. The van der Waals surface area contributed by atoms with Crippen LogP contribution in [0.1, 0.15) is 78.1 Å². The normalized spacial score (nSPS) is 37.7. The van der Waals surface area contributed by atoms with Gasteiger partial charge >= 0.3 is 6.11 Å². The van der Waals surface area contributed by atoms with E-state index in [0.717, 1.165) is 38.5 Å². The number of hydrogen-bond acceptors (Lipinski definition) is 2. The number of alkyl halides is 2. The smallest absolute Gasteiger partial charge is 0.358 e. The molecule has 0 amide bonds. The average molecular weight is 360 g/mol. The van der Waals surface area contributed by atoms with Crippen LogP contribution in [0.15, 0.2) is 11.6 Å². The van der Waals surface area contributed by atoms with E-state index >= 15 is 0 Å². The Kier molecular flexibility index (Phi) is 6.02. The fourth-order valence-corrected chi connectivity index (χ4v) is 4.57. The second-order valence-electron chi connectivity index (χ2n) is 8.42. The van der Waals surface area contributed by atoms with E-state index in [2.05, 4.69) is 6.92 Å². The molecule has 0 aromatic carbocycles. The number of ether oxygens (including phenoxy) is 2. The van der Waals surface area contributed by atoms with Crippen molar-refractivity contribution in [2.75, 3.05) is 0 Å². The van der Waals surface area contributed by atoms with Gasteiger partial charge in [0.2, 0.25) is 0 Å². The first kappa shape index (κ1) is 19.1. The first-order chi connectivity index (χ1) is 11.8. The van der Waals surface area contributed by atoms with Crippen molar-refractivity contribution >= 4 is 0 Å². The standard InChI is InChI=1S/C20H31F3O2/c1-13-3-8-16(9-4-13)20(22,23)25-17-10-6-15(7-11-17)18-12-5-14(2)19(21)24-18/h13,15-18H,3-12H2,1-2H3. The van der Waals surface area contributed by atoms with Crippen molar-refractivity contribution in [2.24, 2.45) is 17.8 Å². The van der Waals surface area contributed by atoms with Gasteiger partial charge in [-0.1, -0.05) is 19.8 Å². The van der Waals surface area contributed by atoms with Gasteiger partial charge in [0.05, 0.1) is 12.0 Å². The summed E-state index contributed by atoms with van der Waals surface area (Å²) < 4.78 is 53.3. The molecule has 144 valence electrons. The number of allylic oxidation sites excluding steroid dienone is 1. The Hall–Kier alpha value is -0.710. The van der Waals surface area contributed by atoms with Crippen LogP contribution in [0.3, 0.4) is 0 Å². The summed E-state index contributed by atoms with van der Waals surface area (Å²) in [6.07, 6.45) is 3.71. The van der Waals surface area contributed by atoms with Crippen LogP contribution < -0.4 is 0 Å². The third kappa shape index (κ3) is 4.72. The molecule has 1 heterocycles. The molecule has 2 aliphatic carbocycles. The third-order valence-corrected chi connectivity index (χ3v) is 6.45. The third-order valence-electron chi connectivity index (χ3n) is 6.45. The molecule has 2 nitrogen and oxygen atoms in total. The lowest BCUT2D eigenvalue weighted by molar-refractivity contribution is -0.302. The van der Waals surface area contributed by atoms with Crippen LogP contribution in [0, 0.1) is 17.8 Å². The summed E-state index contributed by atoms with van der Waals surface area (Å²) in [5.41, 5.74) is 0.676. The lowest BCUT2D eigenvalue weighted by Crippen LogP contribution is -2.40. The molecule has 3 rings (SSSR count). The summed E-state index contributed by atoms with van der Waals surface area (Å²) >= 11 is 0. The maximum atomic E-state index is 14.5. The Morgan fingerprint density at radius 1 is 0.960 bits per heavy atom. The van der Waals surface area contributed by atoms with Crippen LogP contribution in [0.25, 0.3) is 0 Å². The average Bonchev–Trinajstić information content (AvgIpc) is 2.58. The molecule has 0 N–H and O–H groups in total. The Morgan fingerprint density at radius 2 is 1.60 bits per heavy atom. The molecule has 3 aliphatic rings. The van der Waals surface area contributed by atoms with Gasteiger partial charge in [-0.05, 0) is 75.7 Å². The van der Waals surface area contributed by atoms with Crippen molar-refractivity contribution < 1.29 is 22.6 Å². The van der Waals surface area contributed by atoms with Crippen molar-refractivity contribution in [3.8, 4) is 0 Å². The summed E-state index contributed by atoms with van der Waals surface area (Å²) in [7, 11) is 0. The first-order valence-electron chi connectivity index (χ1n) is 9.92. The predicted octanol–water partition coefficient (Wildman–Crippen LogP) is 6.36. The van der Waals surface area contributed by atoms with Gasteiger partial charge < -0.3 is 9.47 Å². The van der Waals surface area contributed by atoms with Crippen molar-refractivity contribution in [3.63, 3.8) is 0 Å². The molecule has 0 spiro atoms. The van der Waals surface area contributed by atoms with Gasteiger partial charge in [0, 0.05) is 0 Å². The molecule has 0 aromatic rings. The largest absolute Gasteiger partial charge is 0.467 e. The van der Waals surface area contributed by atoms with Gasteiger partial charge in [0.15, 0.2) is 0 Å². The van der Waals surface area contributed by atoms with Crippen molar-refractivity contribution in [1.29, 1.82) is 0 Å². The van der Waals surface area contributed by atoms with Gasteiger partial charge in [0.25, 0.3) is 6.01 Å². The molecule has 5 heteroatoms. The summed E-state index contributed by atoms with van der Waals surface area (Å²) in [5, 5.41) is 0. The van der Waals surface area contributed by atoms with Gasteiger partial charge in [-0.3, -0.25) is 0 Å². The van der Waals surface area contributed by atoms with Gasteiger partial charge in [-0.15, -0.1) is 0 Å². The summed E-state index contributed by atoms with van der Waals surface area (Å²) in [5.74, 6) is 0.171. The zero-order chi connectivity index (χ0) is 18.0. The maximum Gasteiger partial charge on any atom is 0.358 e. The Labute approximate surface area is 149 Å². The lowest BCUT2D eigenvalue weighted by Gasteiger charge is -2.38. The highest BCUT2D eigenvalue weighted by atomic mass is 19.3. The van der Waals surface area contributed by atoms with Crippen LogP contribution in [-0.2, 0) is 9.47 Å². The second kappa shape index (κ2) is 7.89. The predicted molar refractivity (Wildman–Crippen MR) is 90.8 cm³/mol. The molecule has 1 unspecified atom stereocenters. The fraction of sp³-hybridized carbons (Fsp3) is 0.900. The zero-order valence-corrected chi connectivity index (χ0v) is 15.4. The molecule has 2 saturated carbocycles. The van der Waals surface area contributed by atoms with Gasteiger partial charge in [0.1, 0.15) is 6.10 Å². The molecule has 2 fully saturated rings. The van der Waals surface area contributed by atoms with E-state index in [9.17, 15) is 13.2 Å². The monoisotopic (exact) mass is 360 g/mol. The molecule has 0 bridgehead atoms. The van der Waals surface area contributed by atoms with Crippen molar-refractivity contribution in [1.82, 2.24) is 0 Å². The van der Waals surface area contributed by atoms with Crippen molar-refractivity contribution in [2.45, 2.75) is 96.4 Å². The van der Waals surface area contributed by atoms with Crippen LogP contribution in [0.2, 0.25) is 0 Å². The summed E-state index contributed by atoms with van der Waals surface area (Å²) in [6, 6.07) is -0.437. The van der Waals surface area contributed by atoms with Crippen LogP contribution in [0.5, 0.6) is 0 Å². The van der Waals surface area contributed by atoms with Crippen LogP contribution in [0.4, 0.5) is 13.2 Å². The van der Waals surface area contributed by atoms with Crippen molar-refractivity contribution in [3.05, 3.63) is 11.6 Å². The first-order valence-corrected chi connectivity index (χ1v) is 9.92. The summed E-state index contributed by atoms with van der Waals surface area (Å²) in [4.78, 5) is 0. The highest BCUT2D eigenvalue weighted by Gasteiger charge is 2.45. The SMILES string of the molecule is CC1=C(F)OC(C2CCC(OC(F)(F)C3CCC(C)CC3)CC2)CC1. The minimum Gasteiger partial charge on any atom is -0.467 e. The molecular formula is C20H31F3O2. The highest BCUT2D eigenvalue weighted by molar-refractivity contribution is 5.04. The highest BCUT2D eigenvalue weighted by Crippen LogP contribution is 2.42. The van der Waals surface area contributed by atoms with Crippen LogP contribution >= 0.6 is 0 Å². The fourth-order valence-electron chi connectivity index (χ4n) is 4.57. The van der Waals surface area contributed by atoms with E-state index < -0.39 is 18.0 Å². The molecular weight excluding hydrogens is 329 g/mol. The number of hydrogen-bond donors (Lipinski definition) is 0. The van der Waals surface area contributed by atoms with Gasteiger partial charge in [-0.2, -0.15) is 13.2 Å². The minimum atomic E-state index is -3.01. The molecule has 25 heavy (non-hydrogen) atoms. The molecule has 0 saturated heterocycles. The van der Waals surface area contributed by atoms with E-state index in [1.165, 1.54) is 0 Å². The Balaban J connectivity index is 1.46. The Bertz CT molecular complexity index is 475. The number of halogens is 3. The van der Waals surface area contributed by atoms with E-state index in [4.69, 9.17) is 9.47 Å². The van der Waals surface area contributed by atoms with Gasteiger partial charge in [-0.25, -0.2) is 0 Å². The topological polar surface area (TPSA) is 18.5 Å². The second-order valence-corrected chi connectivity index (χ2v) is 8.42. The lowest BCUT2D eigenvalue weighted by atomic mass is 9.80.